The summed E-state index contributed by atoms with van der Waals surface area (Å²) in [6.07, 6.45) is 1.06. The van der Waals surface area contributed by atoms with Crippen molar-refractivity contribution in [2.45, 2.75) is 25.7 Å². The Morgan fingerprint density at radius 1 is 1.25 bits per heavy atom. The van der Waals surface area contributed by atoms with Crippen molar-refractivity contribution in [3.63, 3.8) is 0 Å². The van der Waals surface area contributed by atoms with Gasteiger partial charge in [-0.05, 0) is 42.2 Å². The number of hydrogen-bond donors (Lipinski definition) is 2. The molecular formula is C18H17FN2O3. The number of anilines is 1. The molecule has 3 aromatic rings. The quantitative estimate of drug-likeness (QED) is 0.748. The molecule has 2 aromatic carbocycles. The van der Waals surface area contributed by atoms with Crippen molar-refractivity contribution in [1.29, 1.82) is 0 Å². The smallest absolute Gasteiger partial charge is 0.408 e. The first-order chi connectivity index (χ1) is 11.5. The zero-order valence-corrected chi connectivity index (χ0v) is 13.1. The van der Waals surface area contributed by atoms with Crippen LogP contribution in [-0.4, -0.2) is 10.9 Å². The second-order valence-corrected chi connectivity index (χ2v) is 5.63. The van der Waals surface area contributed by atoms with Gasteiger partial charge in [0.1, 0.15) is 5.82 Å². The summed E-state index contributed by atoms with van der Waals surface area (Å²) in [5, 5.41) is 2.80. The maximum absolute atomic E-state index is 13.0. The third-order valence-corrected chi connectivity index (χ3v) is 3.97. The Kier molecular flexibility index (Phi) is 4.46. The van der Waals surface area contributed by atoms with Crippen LogP contribution in [0.25, 0.3) is 11.1 Å². The molecule has 0 saturated heterocycles. The highest BCUT2D eigenvalue weighted by atomic mass is 19.1. The van der Waals surface area contributed by atoms with Gasteiger partial charge in [-0.15, -0.1) is 0 Å². The van der Waals surface area contributed by atoms with E-state index in [1.54, 1.807) is 30.3 Å². The summed E-state index contributed by atoms with van der Waals surface area (Å²) < 4.78 is 18.0. The minimum absolute atomic E-state index is 0.0134. The molecule has 0 bridgehead atoms. The van der Waals surface area contributed by atoms with Crippen LogP contribution in [0.4, 0.5) is 10.1 Å². The number of nitrogens with one attached hydrogen (secondary N) is 2. The monoisotopic (exact) mass is 328 g/mol. The van der Waals surface area contributed by atoms with Crippen LogP contribution in [-0.2, 0) is 4.79 Å². The van der Waals surface area contributed by atoms with E-state index >= 15 is 0 Å². The number of rotatable bonds is 5. The number of fused-ring (bicyclic) bond motifs is 1. The molecule has 24 heavy (non-hydrogen) atoms. The van der Waals surface area contributed by atoms with Gasteiger partial charge in [0.2, 0.25) is 5.91 Å². The highest BCUT2D eigenvalue weighted by Gasteiger charge is 2.15. The van der Waals surface area contributed by atoms with Crippen molar-refractivity contribution in [3.05, 3.63) is 64.4 Å². The first kappa shape index (κ1) is 16.0. The number of carbonyl (C=O) groups excluding carboxylic acids is 1. The first-order valence-electron chi connectivity index (χ1n) is 7.73. The highest BCUT2D eigenvalue weighted by molar-refractivity contribution is 5.93. The van der Waals surface area contributed by atoms with E-state index in [4.69, 9.17) is 4.42 Å². The number of hydrogen-bond acceptors (Lipinski definition) is 3. The van der Waals surface area contributed by atoms with Crippen molar-refractivity contribution >= 4 is 22.7 Å². The van der Waals surface area contributed by atoms with Gasteiger partial charge in [0.15, 0.2) is 5.58 Å². The number of aromatic nitrogens is 1. The zero-order valence-electron chi connectivity index (χ0n) is 13.1. The molecule has 1 amide bonds. The van der Waals surface area contributed by atoms with Crippen molar-refractivity contribution < 1.29 is 13.6 Å². The topological polar surface area (TPSA) is 75.1 Å². The largest absolute Gasteiger partial charge is 0.417 e. The number of amides is 1. The summed E-state index contributed by atoms with van der Waals surface area (Å²) in [6.45, 7) is 1.99. The normalized spacial score (nSPS) is 12.2. The lowest BCUT2D eigenvalue weighted by Crippen LogP contribution is -2.15. The van der Waals surface area contributed by atoms with Crippen molar-refractivity contribution in [1.82, 2.24) is 4.98 Å². The van der Waals surface area contributed by atoms with E-state index < -0.39 is 5.76 Å². The number of aromatic amines is 1. The second-order valence-electron chi connectivity index (χ2n) is 5.63. The minimum atomic E-state index is -0.532. The predicted molar refractivity (Wildman–Crippen MR) is 89.5 cm³/mol. The summed E-state index contributed by atoms with van der Waals surface area (Å²) in [6, 6.07) is 11.2. The fourth-order valence-corrected chi connectivity index (χ4v) is 2.69. The molecule has 1 aromatic heterocycles. The van der Waals surface area contributed by atoms with E-state index in [-0.39, 0.29) is 24.1 Å². The van der Waals surface area contributed by atoms with Gasteiger partial charge < -0.3 is 9.73 Å². The molecule has 0 aliphatic heterocycles. The number of oxazole rings is 1. The third kappa shape index (κ3) is 3.53. The van der Waals surface area contributed by atoms with Gasteiger partial charge in [0.05, 0.1) is 5.52 Å². The maximum Gasteiger partial charge on any atom is 0.417 e. The average molecular weight is 328 g/mol. The Morgan fingerprint density at radius 2 is 2.00 bits per heavy atom. The van der Waals surface area contributed by atoms with Crippen LogP contribution in [0.15, 0.2) is 51.7 Å². The van der Waals surface area contributed by atoms with Crippen molar-refractivity contribution in [3.8, 4) is 0 Å². The van der Waals surface area contributed by atoms with Crippen molar-refractivity contribution in [2.24, 2.45) is 0 Å². The van der Waals surface area contributed by atoms with E-state index in [0.717, 1.165) is 12.0 Å². The predicted octanol–water partition coefficient (Wildman–Crippen LogP) is 3.78. The maximum atomic E-state index is 13.0. The molecule has 1 unspecified atom stereocenters. The van der Waals surface area contributed by atoms with Gasteiger partial charge in [-0.25, -0.2) is 9.18 Å². The van der Waals surface area contributed by atoms with Crippen LogP contribution in [0.2, 0.25) is 0 Å². The summed E-state index contributed by atoms with van der Waals surface area (Å²) in [7, 11) is 0. The molecule has 0 spiro atoms. The summed E-state index contributed by atoms with van der Waals surface area (Å²) in [4.78, 5) is 26.0. The SMILES string of the molecule is CCC(CC(=O)Nc1ccc2[nH]c(=O)oc2c1)c1ccc(F)cc1. The van der Waals surface area contributed by atoms with E-state index in [0.29, 0.717) is 16.8 Å². The molecule has 3 rings (SSSR count). The van der Waals surface area contributed by atoms with Gasteiger partial charge in [-0.1, -0.05) is 19.1 Å². The molecule has 1 heterocycles. The summed E-state index contributed by atoms with van der Waals surface area (Å²) in [5.74, 6) is -0.960. The molecule has 1 atom stereocenters. The van der Waals surface area contributed by atoms with Gasteiger partial charge >= 0.3 is 5.76 Å². The van der Waals surface area contributed by atoms with Crippen LogP contribution < -0.4 is 11.1 Å². The van der Waals surface area contributed by atoms with Crippen LogP contribution in [0.3, 0.4) is 0 Å². The molecule has 0 fully saturated rings. The molecule has 6 heteroatoms. The number of carbonyl (C=O) groups is 1. The molecule has 0 radical (unpaired) electrons. The molecule has 2 N–H and O–H groups in total. The van der Waals surface area contributed by atoms with Gasteiger partial charge in [-0.2, -0.15) is 0 Å². The number of halogens is 1. The number of benzene rings is 2. The van der Waals surface area contributed by atoms with E-state index in [2.05, 4.69) is 10.3 Å². The Morgan fingerprint density at radius 3 is 2.71 bits per heavy atom. The Balaban J connectivity index is 1.70. The molecule has 124 valence electrons. The van der Waals surface area contributed by atoms with Crippen LogP contribution >= 0.6 is 0 Å². The summed E-state index contributed by atoms with van der Waals surface area (Å²) >= 11 is 0. The fourth-order valence-electron chi connectivity index (χ4n) is 2.69. The lowest BCUT2D eigenvalue weighted by Gasteiger charge is -2.15. The Bertz CT molecular complexity index is 912. The molecule has 0 saturated carbocycles. The molecule has 0 aliphatic rings. The van der Waals surface area contributed by atoms with Gasteiger partial charge in [0, 0.05) is 18.2 Å². The lowest BCUT2D eigenvalue weighted by molar-refractivity contribution is -0.116. The standard InChI is InChI=1S/C18H17FN2O3/c1-2-11(12-3-5-13(19)6-4-12)9-17(22)20-14-7-8-15-16(10-14)24-18(23)21-15/h3-8,10-11H,2,9H2,1H3,(H,20,22)(H,21,23). The zero-order chi connectivity index (χ0) is 17.1. The number of H-pyrrole nitrogens is 1. The fraction of sp³-hybridized carbons (Fsp3) is 0.222. The lowest BCUT2D eigenvalue weighted by atomic mass is 9.93. The van der Waals surface area contributed by atoms with Gasteiger partial charge in [-0.3, -0.25) is 9.78 Å². The van der Waals surface area contributed by atoms with E-state index in [1.165, 1.54) is 12.1 Å². The minimum Gasteiger partial charge on any atom is -0.408 e. The Labute approximate surface area is 137 Å². The average Bonchev–Trinajstić information content (AvgIpc) is 2.93. The van der Waals surface area contributed by atoms with E-state index in [1.807, 2.05) is 6.92 Å². The third-order valence-electron chi connectivity index (χ3n) is 3.97. The second kappa shape index (κ2) is 6.70. The van der Waals surface area contributed by atoms with Crippen LogP contribution in [0, 0.1) is 5.82 Å². The molecule has 0 aliphatic carbocycles. The molecular weight excluding hydrogens is 311 g/mol. The first-order valence-corrected chi connectivity index (χ1v) is 7.73. The van der Waals surface area contributed by atoms with Crippen molar-refractivity contribution in [2.75, 3.05) is 5.32 Å². The highest BCUT2D eigenvalue weighted by Crippen LogP contribution is 2.24. The summed E-state index contributed by atoms with van der Waals surface area (Å²) in [5.41, 5.74) is 2.46. The van der Waals surface area contributed by atoms with E-state index in [9.17, 15) is 14.0 Å². The van der Waals surface area contributed by atoms with Crippen LogP contribution in [0.5, 0.6) is 0 Å². The van der Waals surface area contributed by atoms with Crippen LogP contribution in [0.1, 0.15) is 31.2 Å². The van der Waals surface area contributed by atoms with Gasteiger partial charge in [0.25, 0.3) is 0 Å². The molecule has 5 nitrogen and oxygen atoms in total. The Hall–Kier alpha value is -2.89.